The molecule has 2 N–H and O–H groups in total. The van der Waals surface area contributed by atoms with Crippen molar-refractivity contribution in [1.29, 1.82) is 0 Å². The monoisotopic (exact) mass is 328 g/mol. The molecule has 24 heavy (non-hydrogen) atoms. The van der Waals surface area contributed by atoms with Crippen molar-refractivity contribution in [3.63, 3.8) is 0 Å². The average Bonchev–Trinajstić information content (AvgIpc) is 3.14. The summed E-state index contributed by atoms with van der Waals surface area (Å²) in [5.41, 5.74) is 0.709. The number of hydrogen-bond donors (Lipinski definition) is 2. The van der Waals surface area contributed by atoms with Gasteiger partial charge in [-0.25, -0.2) is 9.48 Å². The molecule has 6 heteroatoms. The summed E-state index contributed by atoms with van der Waals surface area (Å²) in [5.74, 6) is 0. The summed E-state index contributed by atoms with van der Waals surface area (Å²) in [4.78, 5) is 24.5. The van der Waals surface area contributed by atoms with Gasteiger partial charge >= 0.3 is 6.03 Å². The van der Waals surface area contributed by atoms with Gasteiger partial charge in [0.25, 0.3) is 5.56 Å². The molecule has 1 aliphatic carbocycles. The molecule has 0 bridgehead atoms. The number of fused-ring (bicyclic) bond motifs is 1. The number of carbonyl (C=O) groups excluding carboxylic acids is 1. The second kappa shape index (κ2) is 7.47. The molecule has 0 radical (unpaired) electrons. The number of carbonyl (C=O) groups is 1. The molecule has 0 aliphatic heterocycles. The van der Waals surface area contributed by atoms with Crippen molar-refractivity contribution >= 4 is 16.8 Å². The first-order chi connectivity index (χ1) is 11.7. The minimum atomic E-state index is -0.207. The molecule has 0 atom stereocenters. The maximum absolute atomic E-state index is 12.7. The van der Waals surface area contributed by atoms with Crippen LogP contribution in [-0.4, -0.2) is 22.4 Å². The minimum Gasteiger partial charge on any atom is -0.338 e. The van der Waals surface area contributed by atoms with Gasteiger partial charge in [-0.1, -0.05) is 38.0 Å². The van der Waals surface area contributed by atoms with Crippen LogP contribution < -0.4 is 16.2 Å². The zero-order chi connectivity index (χ0) is 16.9. The van der Waals surface area contributed by atoms with Gasteiger partial charge in [0.2, 0.25) is 0 Å². The third kappa shape index (κ3) is 3.42. The van der Waals surface area contributed by atoms with E-state index in [1.54, 1.807) is 4.68 Å². The molecule has 1 aromatic heterocycles. The third-order valence-electron chi connectivity index (χ3n) is 4.53. The molecule has 1 saturated carbocycles. The van der Waals surface area contributed by atoms with Crippen LogP contribution in [0.25, 0.3) is 10.8 Å². The predicted molar refractivity (Wildman–Crippen MR) is 94.0 cm³/mol. The Bertz CT molecular complexity index is 778. The van der Waals surface area contributed by atoms with Crippen LogP contribution in [-0.2, 0) is 6.54 Å². The second-order valence-electron chi connectivity index (χ2n) is 6.29. The van der Waals surface area contributed by atoms with E-state index in [4.69, 9.17) is 0 Å². The summed E-state index contributed by atoms with van der Waals surface area (Å²) in [5, 5.41) is 11.7. The van der Waals surface area contributed by atoms with E-state index >= 15 is 0 Å². The summed E-state index contributed by atoms with van der Waals surface area (Å²) in [6.07, 6.45) is 5.16. The molecule has 0 spiro atoms. The maximum atomic E-state index is 12.7. The number of amides is 2. The van der Waals surface area contributed by atoms with Gasteiger partial charge in [0.15, 0.2) is 0 Å². The largest absolute Gasteiger partial charge is 0.338 e. The first-order valence-corrected chi connectivity index (χ1v) is 8.73. The molecule has 1 heterocycles. The number of urea groups is 1. The van der Waals surface area contributed by atoms with Crippen molar-refractivity contribution in [2.45, 2.75) is 51.6 Å². The van der Waals surface area contributed by atoms with Crippen LogP contribution in [0.2, 0.25) is 0 Å². The number of aromatic nitrogens is 2. The lowest BCUT2D eigenvalue weighted by molar-refractivity contribution is 0.240. The lowest BCUT2D eigenvalue weighted by Crippen LogP contribution is -2.36. The highest BCUT2D eigenvalue weighted by Gasteiger charge is 2.21. The van der Waals surface area contributed by atoms with Crippen molar-refractivity contribution in [3.8, 4) is 0 Å². The van der Waals surface area contributed by atoms with Crippen LogP contribution in [0.4, 0.5) is 4.79 Å². The maximum Gasteiger partial charge on any atom is 0.315 e. The van der Waals surface area contributed by atoms with E-state index in [1.165, 1.54) is 0 Å². The number of nitrogens with zero attached hydrogens (tertiary/aromatic N) is 2. The summed E-state index contributed by atoms with van der Waals surface area (Å²) in [6.45, 7) is 2.96. The molecule has 128 valence electrons. The van der Waals surface area contributed by atoms with Gasteiger partial charge in [0, 0.05) is 11.9 Å². The Kier molecular flexibility index (Phi) is 5.13. The molecule has 1 fully saturated rings. The van der Waals surface area contributed by atoms with Crippen molar-refractivity contribution in [3.05, 3.63) is 40.3 Å². The highest BCUT2D eigenvalue weighted by molar-refractivity contribution is 5.84. The van der Waals surface area contributed by atoms with Gasteiger partial charge in [-0.3, -0.25) is 4.79 Å². The van der Waals surface area contributed by atoms with Gasteiger partial charge in [0.1, 0.15) is 0 Å². The van der Waals surface area contributed by atoms with Crippen molar-refractivity contribution in [2.24, 2.45) is 0 Å². The molecule has 1 aliphatic rings. The SMILES string of the molecule is CCCNC(=O)NCc1nn(C2CCCC2)c(=O)c2ccccc12. The van der Waals surface area contributed by atoms with Gasteiger partial charge in [-0.2, -0.15) is 5.10 Å². The minimum absolute atomic E-state index is 0.0308. The Morgan fingerprint density at radius 2 is 1.92 bits per heavy atom. The van der Waals surface area contributed by atoms with Crippen molar-refractivity contribution in [2.75, 3.05) is 6.54 Å². The fourth-order valence-corrected chi connectivity index (χ4v) is 3.27. The first-order valence-electron chi connectivity index (χ1n) is 8.73. The Balaban J connectivity index is 1.92. The topological polar surface area (TPSA) is 76.0 Å². The summed E-state index contributed by atoms with van der Waals surface area (Å²) in [6, 6.07) is 7.46. The molecular weight excluding hydrogens is 304 g/mol. The standard InChI is InChI=1S/C18H24N4O2/c1-2-11-19-18(24)20-12-16-14-9-5-6-10-15(14)17(23)22(21-16)13-7-3-4-8-13/h5-6,9-10,13H,2-4,7-8,11-12H2,1H3,(H2,19,20,24). The highest BCUT2D eigenvalue weighted by Crippen LogP contribution is 2.28. The lowest BCUT2D eigenvalue weighted by Gasteiger charge is -2.16. The third-order valence-corrected chi connectivity index (χ3v) is 4.53. The van der Waals surface area contributed by atoms with Crippen LogP contribution in [0.1, 0.15) is 50.8 Å². The fraction of sp³-hybridized carbons (Fsp3) is 0.500. The Hall–Kier alpha value is -2.37. The molecule has 6 nitrogen and oxygen atoms in total. The highest BCUT2D eigenvalue weighted by atomic mass is 16.2. The van der Waals surface area contributed by atoms with Crippen LogP contribution >= 0.6 is 0 Å². The second-order valence-corrected chi connectivity index (χ2v) is 6.29. The quantitative estimate of drug-likeness (QED) is 0.886. The van der Waals surface area contributed by atoms with Gasteiger partial charge in [-0.05, 0) is 25.3 Å². The van der Waals surface area contributed by atoms with Crippen LogP contribution in [0.5, 0.6) is 0 Å². The zero-order valence-electron chi connectivity index (χ0n) is 14.0. The lowest BCUT2D eigenvalue weighted by atomic mass is 10.1. The van der Waals surface area contributed by atoms with E-state index < -0.39 is 0 Å². The van der Waals surface area contributed by atoms with Crippen LogP contribution in [0.3, 0.4) is 0 Å². The van der Waals surface area contributed by atoms with Crippen LogP contribution in [0.15, 0.2) is 29.1 Å². The summed E-state index contributed by atoms with van der Waals surface area (Å²) < 4.78 is 1.64. The molecule has 3 rings (SSSR count). The summed E-state index contributed by atoms with van der Waals surface area (Å²) >= 11 is 0. The van der Waals surface area contributed by atoms with Crippen LogP contribution in [0, 0.1) is 0 Å². The fourth-order valence-electron chi connectivity index (χ4n) is 3.27. The van der Waals surface area contributed by atoms with E-state index in [1.807, 2.05) is 31.2 Å². The normalized spacial score (nSPS) is 14.9. The first kappa shape index (κ1) is 16.5. The van der Waals surface area contributed by atoms with Gasteiger partial charge in [-0.15, -0.1) is 0 Å². The van der Waals surface area contributed by atoms with E-state index in [2.05, 4.69) is 15.7 Å². The Labute approximate surface area is 141 Å². The number of benzene rings is 1. The summed E-state index contributed by atoms with van der Waals surface area (Å²) in [7, 11) is 0. The predicted octanol–water partition coefficient (Wildman–Crippen LogP) is 2.72. The molecule has 1 aromatic carbocycles. The molecule has 0 saturated heterocycles. The van der Waals surface area contributed by atoms with Crippen molar-refractivity contribution < 1.29 is 4.79 Å². The average molecular weight is 328 g/mol. The smallest absolute Gasteiger partial charge is 0.315 e. The number of nitrogens with one attached hydrogen (secondary N) is 2. The van der Waals surface area contributed by atoms with Crippen molar-refractivity contribution in [1.82, 2.24) is 20.4 Å². The van der Waals surface area contributed by atoms with Gasteiger partial charge in [0.05, 0.1) is 23.7 Å². The molecular formula is C18H24N4O2. The van der Waals surface area contributed by atoms with E-state index in [-0.39, 0.29) is 17.6 Å². The molecule has 2 amide bonds. The number of rotatable bonds is 5. The Morgan fingerprint density at radius 3 is 2.62 bits per heavy atom. The molecule has 2 aromatic rings. The van der Waals surface area contributed by atoms with E-state index in [0.717, 1.165) is 43.2 Å². The zero-order valence-corrected chi connectivity index (χ0v) is 14.0. The Morgan fingerprint density at radius 1 is 1.21 bits per heavy atom. The molecule has 0 unspecified atom stereocenters. The number of hydrogen-bond acceptors (Lipinski definition) is 3. The van der Waals surface area contributed by atoms with Gasteiger partial charge < -0.3 is 10.6 Å². The van der Waals surface area contributed by atoms with E-state index in [0.29, 0.717) is 18.5 Å². The van der Waals surface area contributed by atoms with E-state index in [9.17, 15) is 9.59 Å².